The summed E-state index contributed by atoms with van der Waals surface area (Å²) in [7, 11) is 0. The molecule has 2 atom stereocenters. The fourth-order valence-electron chi connectivity index (χ4n) is 1.97. The minimum Gasteiger partial charge on any atom is -0.319 e. The predicted octanol–water partition coefficient (Wildman–Crippen LogP) is 6.54. The van der Waals surface area contributed by atoms with Gasteiger partial charge in [-0.05, 0) is 44.9 Å². The fourth-order valence-corrected chi connectivity index (χ4v) is 7.65. The summed E-state index contributed by atoms with van der Waals surface area (Å²) in [5, 5.41) is 0. The van der Waals surface area contributed by atoms with Crippen molar-refractivity contribution in [2.75, 3.05) is 5.75 Å². The smallest absolute Gasteiger partial charge is 0.247 e. The molecule has 0 spiro atoms. The largest absolute Gasteiger partial charge is 0.319 e. The summed E-state index contributed by atoms with van der Waals surface area (Å²) in [4.78, 5) is 0. The molecule has 0 saturated carbocycles. The third kappa shape index (κ3) is 10.6. The van der Waals surface area contributed by atoms with E-state index in [4.69, 9.17) is 20.9 Å². The SMILES string of the molecule is CCCCCSP(=S)(OC(C)CCC)OC(C)CCC. The maximum Gasteiger partial charge on any atom is 0.247 e. The highest BCUT2D eigenvalue weighted by atomic mass is 32.9. The average Bonchev–Trinajstić information content (AvgIpc) is 2.35. The van der Waals surface area contributed by atoms with Crippen LogP contribution in [0.5, 0.6) is 0 Å². The van der Waals surface area contributed by atoms with Gasteiger partial charge in [0, 0.05) is 5.75 Å². The standard InChI is InChI=1S/C15H33O2PS2/c1-6-9-10-13-20-18(19,16-14(4)11-7-2)17-15(5)12-8-3/h14-15H,6-13H2,1-5H3. The Morgan fingerprint density at radius 2 is 1.40 bits per heavy atom. The Labute approximate surface area is 135 Å². The van der Waals surface area contributed by atoms with Gasteiger partial charge in [-0.25, -0.2) is 0 Å². The summed E-state index contributed by atoms with van der Waals surface area (Å²) in [6, 6.07) is 0. The Morgan fingerprint density at radius 3 is 1.80 bits per heavy atom. The van der Waals surface area contributed by atoms with Crippen LogP contribution in [0.25, 0.3) is 0 Å². The molecule has 0 aliphatic heterocycles. The zero-order chi connectivity index (χ0) is 15.4. The first-order valence-electron chi connectivity index (χ1n) is 8.08. The highest BCUT2D eigenvalue weighted by molar-refractivity contribution is 8.67. The molecular formula is C15H33O2PS2. The molecule has 0 saturated heterocycles. The van der Waals surface area contributed by atoms with Gasteiger partial charge >= 0.3 is 0 Å². The highest BCUT2D eigenvalue weighted by Crippen LogP contribution is 2.63. The van der Waals surface area contributed by atoms with E-state index in [-0.39, 0.29) is 12.2 Å². The molecule has 0 aromatic carbocycles. The van der Waals surface area contributed by atoms with Crippen LogP contribution in [0, 0.1) is 0 Å². The molecule has 0 heterocycles. The van der Waals surface area contributed by atoms with Gasteiger partial charge in [0.05, 0.1) is 12.2 Å². The van der Waals surface area contributed by atoms with Crippen LogP contribution in [0.4, 0.5) is 0 Å². The van der Waals surface area contributed by atoms with E-state index in [0.29, 0.717) is 0 Å². The summed E-state index contributed by atoms with van der Waals surface area (Å²) in [6.07, 6.45) is 8.48. The van der Waals surface area contributed by atoms with E-state index in [1.807, 2.05) is 0 Å². The van der Waals surface area contributed by atoms with E-state index < -0.39 is 5.69 Å². The number of unbranched alkanes of at least 4 members (excludes halogenated alkanes) is 2. The van der Waals surface area contributed by atoms with Gasteiger partial charge in [0.15, 0.2) is 0 Å². The molecule has 0 aliphatic rings. The summed E-state index contributed by atoms with van der Waals surface area (Å²) in [6.45, 7) is 10.8. The quantitative estimate of drug-likeness (QED) is 0.279. The molecule has 0 bridgehead atoms. The molecule has 0 aromatic rings. The van der Waals surface area contributed by atoms with Crippen LogP contribution < -0.4 is 0 Å². The predicted molar refractivity (Wildman–Crippen MR) is 97.2 cm³/mol. The molecule has 20 heavy (non-hydrogen) atoms. The van der Waals surface area contributed by atoms with Gasteiger partial charge in [0.25, 0.3) is 0 Å². The molecule has 2 nitrogen and oxygen atoms in total. The molecule has 2 unspecified atom stereocenters. The molecule has 5 heteroatoms. The third-order valence-corrected chi connectivity index (χ3v) is 8.51. The van der Waals surface area contributed by atoms with Crippen molar-refractivity contribution < 1.29 is 9.05 Å². The number of hydrogen-bond acceptors (Lipinski definition) is 4. The second kappa shape index (κ2) is 12.5. The van der Waals surface area contributed by atoms with E-state index in [1.54, 1.807) is 11.4 Å². The summed E-state index contributed by atoms with van der Waals surface area (Å²) in [5.74, 6) is 1.06. The first-order valence-corrected chi connectivity index (χ1v) is 12.3. The van der Waals surface area contributed by atoms with Gasteiger partial charge in [0.2, 0.25) is 5.69 Å². The Kier molecular flexibility index (Phi) is 13.0. The maximum absolute atomic E-state index is 6.14. The van der Waals surface area contributed by atoms with Crippen molar-refractivity contribution >= 4 is 28.9 Å². The van der Waals surface area contributed by atoms with Gasteiger partial charge in [-0.1, -0.05) is 57.8 Å². The average molecular weight is 341 g/mol. The topological polar surface area (TPSA) is 18.5 Å². The maximum atomic E-state index is 6.14. The first kappa shape index (κ1) is 20.9. The molecule has 0 aromatic heterocycles. The van der Waals surface area contributed by atoms with E-state index in [0.717, 1.165) is 31.4 Å². The van der Waals surface area contributed by atoms with E-state index >= 15 is 0 Å². The molecule has 0 radical (unpaired) electrons. The zero-order valence-corrected chi connectivity index (χ0v) is 16.4. The lowest BCUT2D eigenvalue weighted by Crippen LogP contribution is -2.11. The lowest BCUT2D eigenvalue weighted by Gasteiger charge is -2.28. The van der Waals surface area contributed by atoms with E-state index in [9.17, 15) is 0 Å². The molecule has 0 amide bonds. The van der Waals surface area contributed by atoms with Crippen LogP contribution in [0.15, 0.2) is 0 Å². The van der Waals surface area contributed by atoms with Crippen LogP contribution in [-0.2, 0) is 20.9 Å². The van der Waals surface area contributed by atoms with Crippen molar-refractivity contribution in [1.29, 1.82) is 0 Å². The summed E-state index contributed by atoms with van der Waals surface area (Å²) >= 11 is 7.52. The minimum atomic E-state index is -2.18. The monoisotopic (exact) mass is 340 g/mol. The normalized spacial score (nSPS) is 17.6. The highest BCUT2D eigenvalue weighted by Gasteiger charge is 2.25. The van der Waals surface area contributed by atoms with Crippen LogP contribution in [0.3, 0.4) is 0 Å². The van der Waals surface area contributed by atoms with Gasteiger partial charge < -0.3 is 9.05 Å². The summed E-state index contributed by atoms with van der Waals surface area (Å²) in [5.41, 5.74) is -2.18. The Bertz CT molecular complexity index is 257. The van der Waals surface area contributed by atoms with Gasteiger partial charge in [0.1, 0.15) is 0 Å². The fraction of sp³-hybridized carbons (Fsp3) is 1.00. The summed E-state index contributed by atoms with van der Waals surface area (Å²) < 4.78 is 12.3. The first-order chi connectivity index (χ1) is 9.47. The van der Waals surface area contributed by atoms with Gasteiger partial charge in [-0.2, -0.15) is 0 Å². The molecule has 0 rings (SSSR count). The Hall–Kier alpha value is 0.920. The second-order valence-corrected chi connectivity index (χ2v) is 11.7. The Balaban J connectivity index is 4.45. The molecule has 0 aliphatic carbocycles. The van der Waals surface area contributed by atoms with Crippen molar-refractivity contribution in [3.63, 3.8) is 0 Å². The van der Waals surface area contributed by atoms with Gasteiger partial charge in [-0.15, -0.1) is 0 Å². The van der Waals surface area contributed by atoms with Crippen molar-refractivity contribution in [2.24, 2.45) is 0 Å². The van der Waals surface area contributed by atoms with Crippen molar-refractivity contribution in [2.45, 2.75) is 91.8 Å². The third-order valence-electron chi connectivity index (χ3n) is 3.01. The number of rotatable bonds is 13. The van der Waals surface area contributed by atoms with E-state index in [1.165, 1.54) is 19.3 Å². The zero-order valence-electron chi connectivity index (χ0n) is 13.9. The molecule has 122 valence electrons. The van der Waals surface area contributed by atoms with Gasteiger partial charge in [-0.3, -0.25) is 0 Å². The lowest BCUT2D eigenvalue weighted by molar-refractivity contribution is 0.157. The second-order valence-electron chi connectivity index (χ2n) is 5.40. The van der Waals surface area contributed by atoms with Crippen molar-refractivity contribution in [3.05, 3.63) is 0 Å². The van der Waals surface area contributed by atoms with Crippen LogP contribution in [0.1, 0.15) is 79.6 Å². The molecule has 0 N–H and O–H groups in total. The van der Waals surface area contributed by atoms with Crippen LogP contribution in [0.2, 0.25) is 0 Å². The van der Waals surface area contributed by atoms with Crippen LogP contribution in [-0.4, -0.2) is 18.0 Å². The van der Waals surface area contributed by atoms with Crippen molar-refractivity contribution in [3.8, 4) is 0 Å². The molecular weight excluding hydrogens is 307 g/mol. The van der Waals surface area contributed by atoms with Crippen LogP contribution >= 0.6 is 17.1 Å². The molecule has 0 fully saturated rings. The Morgan fingerprint density at radius 1 is 0.900 bits per heavy atom. The lowest BCUT2D eigenvalue weighted by atomic mass is 10.2. The minimum absolute atomic E-state index is 0.207. The number of hydrogen-bond donors (Lipinski definition) is 0. The van der Waals surface area contributed by atoms with E-state index in [2.05, 4.69) is 34.6 Å². The van der Waals surface area contributed by atoms with Crippen molar-refractivity contribution in [1.82, 2.24) is 0 Å².